The maximum Gasteiger partial charge on any atom is 0.257 e. The molecule has 0 aliphatic rings. The summed E-state index contributed by atoms with van der Waals surface area (Å²) in [5.41, 5.74) is 8.25. The molecule has 0 aliphatic carbocycles. The number of hydrogen-bond donors (Lipinski definition) is 2. The Morgan fingerprint density at radius 3 is 2.79 bits per heavy atom. The van der Waals surface area contributed by atoms with Gasteiger partial charge in [0.25, 0.3) is 5.91 Å². The number of nitrogens with zero attached hydrogens (tertiary/aromatic N) is 2. The zero-order valence-electron chi connectivity index (χ0n) is 10.9. The van der Waals surface area contributed by atoms with E-state index in [4.69, 9.17) is 5.73 Å². The highest BCUT2D eigenvalue weighted by atomic mass is 16.1. The lowest BCUT2D eigenvalue weighted by molar-refractivity contribution is 0.102. The van der Waals surface area contributed by atoms with E-state index in [1.165, 1.54) is 6.20 Å². The number of rotatable bonds is 3. The van der Waals surface area contributed by atoms with E-state index in [1.807, 2.05) is 43.3 Å². The van der Waals surface area contributed by atoms with Crippen LogP contribution < -0.4 is 16.0 Å². The smallest absolute Gasteiger partial charge is 0.257 e. The quantitative estimate of drug-likeness (QED) is 0.881. The molecule has 1 aromatic heterocycles. The molecule has 3 N–H and O–H groups in total. The number of pyridine rings is 1. The molecule has 1 amide bonds. The van der Waals surface area contributed by atoms with Gasteiger partial charge in [0.05, 0.1) is 17.4 Å². The molecule has 5 heteroatoms. The zero-order valence-corrected chi connectivity index (χ0v) is 10.9. The lowest BCUT2D eigenvalue weighted by Crippen LogP contribution is -2.15. The molecule has 0 fully saturated rings. The lowest BCUT2D eigenvalue weighted by atomic mass is 10.2. The molecular weight excluding hydrogens is 240 g/mol. The monoisotopic (exact) mass is 256 g/mol. The Morgan fingerprint density at radius 1 is 1.32 bits per heavy atom. The van der Waals surface area contributed by atoms with Crippen LogP contribution >= 0.6 is 0 Å². The molecule has 0 atom stereocenters. The number of benzene rings is 1. The topological polar surface area (TPSA) is 71.2 Å². The molecule has 0 spiro atoms. The molecule has 1 aromatic carbocycles. The van der Waals surface area contributed by atoms with E-state index in [0.717, 1.165) is 11.4 Å². The third kappa shape index (κ3) is 3.01. The maximum absolute atomic E-state index is 12.1. The van der Waals surface area contributed by atoms with E-state index in [9.17, 15) is 4.79 Å². The first-order valence-electron chi connectivity index (χ1n) is 5.86. The minimum absolute atomic E-state index is 0.240. The minimum Gasteiger partial charge on any atom is -0.397 e. The summed E-state index contributed by atoms with van der Waals surface area (Å²) in [6, 6.07) is 9.19. The third-order valence-corrected chi connectivity index (χ3v) is 2.72. The molecule has 19 heavy (non-hydrogen) atoms. The van der Waals surface area contributed by atoms with Crippen LogP contribution in [0.15, 0.2) is 42.7 Å². The van der Waals surface area contributed by atoms with Crippen molar-refractivity contribution in [3.05, 3.63) is 48.3 Å². The van der Waals surface area contributed by atoms with E-state index < -0.39 is 0 Å². The van der Waals surface area contributed by atoms with Gasteiger partial charge in [0.2, 0.25) is 0 Å². The number of amides is 1. The predicted octanol–water partition coefficient (Wildman–Crippen LogP) is 1.98. The Bertz CT molecular complexity index is 596. The van der Waals surface area contributed by atoms with Crippen molar-refractivity contribution in [1.82, 2.24) is 4.98 Å². The van der Waals surface area contributed by atoms with Crippen LogP contribution in [-0.2, 0) is 0 Å². The summed E-state index contributed by atoms with van der Waals surface area (Å²) in [5.74, 6) is -0.240. The first kappa shape index (κ1) is 12.9. The Morgan fingerprint density at radius 2 is 2.11 bits per heavy atom. The van der Waals surface area contributed by atoms with Crippen LogP contribution in [0.2, 0.25) is 0 Å². The van der Waals surface area contributed by atoms with Crippen molar-refractivity contribution >= 4 is 23.0 Å². The average Bonchev–Trinajstić information content (AvgIpc) is 2.39. The molecule has 0 saturated heterocycles. The van der Waals surface area contributed by atoms with Gasteiger partial charge in [-0.3, -0.25) is 9.78 Å². The molecule has 1 heterocycles. The number of nitrogens with one attached hydrogen (secondary N) is 1. The van der Waals surface area contributed by atoms with Crippen molar-refractivity contribution in [2.45, 2.75) is 0 Å². The molecule has 98 valence electrons. The summed E-state index contributed by atoms with van der Waals surface area (Å²) in [7, 11) is 3.89. The standard InChI is InChI=1S/C14H16N4O/c1-18(2)11-5-3-4-10(8-11)17-14(19)12-6-7-16-9-13(12)15/h3-9H,15H2,1-2H3,(H,17,19). The van der Waals surface area contributed by atoms with Crippen LogP contribution in [0.4, 0.5) is 17.1 Å². The molecule has 0 saturated carbocycles. The summed E-state index contributed by atoms with van der Waals surface area (Å²) < 4.78 is 0. The van der Waals surface area contributed by atoms with Gasteiger partial charge in [0.15, 0.2) is 0 Å². The molecule has 5 nitrogen and oxygen atoms in total. The fourth-order valence-electron chi connectivity index (χ4n) is 1.67. The van der Waals surface area contributed by atoms with E-state index in [1.54, 1.807) is 12.3 Å². The van der Waals surface area contributed by atoms with Gasteiger partial charge in [-0.05, 0) is 24.3 Å². The van der Waals surface area contributed by atoms with Crippen LogP contribution in [0.5, 0.6) is 0 Å². The second kappa shape index (κ2) is 5.39. The predicted molar refractivity (Wildman–Crippen MR) is 77.4 cm³/mol. The number of hydrogen-bond acceptors (Lipinski definition) is 4. The van der Waals surface area contributed by atoms with Crippen molar-refractivity contribution in [1.29, 1.82) is 0 Å². The van der Waals surface area contributed by atoms with Crippen LogP contribution in [0.25, 0.3) is 0 Å². The summed E-state index contributed by atoms with van der Waals surface area (Å²) in [5, 5.41) is 2.82. The Balaban J connectivity index is 2.20. The largest absolute Gasteiger partial charge is 0.397 e. The van der Waals surface area contributed by atoms with Gasteiger partial charge < -0.3 is 16.0 Å². The molecule has 0 bridgehead atoms. The number of nitrogen functional groups attached to an aromatic ring is 1. The molecular formula is C14H16N4O. The number of carbonyl (C=O) groups excluding carboxylic acids is 1. The first-order valence-corrected chi connectivity index (χ1v) is 5.86. The van der Waals surface area contributed by atoms with E-state index in [0.29, 0.717) is 11.3 Å². The van der Waals surface area contributed by atoms with Crippen molar-refractivity contribution in [3.8, 4) is 0 Å². The molecule has 0 aliphatic heterocycles. The number of carbonyl (C=O) groups is 1. The Kier molecular flexibility index (Phi) is 3.66. The molecule has 2 aromatic rings. The molecule has 0 radical (unpaired) electrons. The van der Waals surface area contributed by atoms with Gasteiger partial charge >= 0.3 is 0 Å². The second-order valence-corrected chi connectivity index (χ2v) is 4.36. The van der Waals surface area contributed by atoms with Gasteiger partial charge in [0.1, 0.15) is 0 Å². The van der Waals surface area contributed by atoms with Crippen molar-refractivity contribution < 1.29 is 4.79 Å². The van der Waals surface area contributed by atoms with Crippen molar-refractivity contribution in [2.24, 2.45) is 0 Å². The fourth-order valence-corrected chi connectivity index (χ4v) is 1.67. The first-order chi connectivity index (χ1) is 9.08. The number of aromatic nitrogens is 1. The van der Waals surface area contributed by atoms with Gasteiger partial charge in [-0.25, -0.2) is 0 Å². The highest BCUT2D eigenvalue weighted by molar-refractivity contribution is 6.07. The number of nitrogens with two attached hydrogens (primary N) is 1. The summed E-state index contributed by atoms with van der Waals surface area (Å²) in [6.45, 7) is 0. The van der Waals surface area contributed by atoms with E-state index in [2.05, 4.69) is 10.3 Å². The van der Waals surface area contributed by atoms with Crippen LogP contribution in [0.1, 0.15) is 10.4 Å². The zero-order chi connectivity index (χ0) is 13.8. The third-order valence-electron chi connectivity index (χ3n) is 2.72. The summed E-state index contributed by atoms with van der Waals surface area (Å²) in [6.07, 6.45) is 3.01. The van der Waals surface area contributed by atoms with E-state index >= 15 is 0 Å². The second-order valence-electron chi connectivity index (χ2n) is 4.36. The van der Waals surface area contributed by atoms with Crippen LogP contribution in [0.3, 0.4) is 0 Å². The molecule has 0 unspecified atom stereocenters. The lowest BCUT2D eigenvalue weighted by Gasteiger charge is -2.14. The highest BCUT2D eigenvalue weighted by Gasteiger charge is 2.09. The Labute approximate surface area is 112 Å². The van der Waals surface area contributed by atoms with Gasteiger partial charge in [-0.1, -0.05) is 6.07 Å². The normalized spacial score (nSPS) is 10.0. The van der Waals surface area contributed by atoms with Gasteiger partial charge in [-0.2, -0.15) is 0 Å². The van der Waals surface area contributed by atoms with Gasteiger partial charge in [0, 0.05) is 31.7 Å². The number of anilines is 3. The highest BCUT2D eigenvalue weighted by Crippen LogP contribution is 2.19. The van der Waals surface area contributed by atoms with Crippen molar-refractivity contribution in [3.63, 3.8) is 0 Å². The SMILES string of the molecule is CN(C)c1cccc(NC(=O)c2ccncc2N)c1. The Hall–Kier alpha value is -2.56. The van der Waals surface area contributed by atoms with Crippen molar-refractivity contribution in [2.75, 3.05) is 30.0 Å². The summed E-state index contributed by atoms with van der Waals surface area (Å²) in [4.78, 5) is 17.9. The van der Waals surface area contributed by atoms with Gasteiger partial charge in [-0.15, -0.1) is 0 Å². The van der Waals surface area contributed by atoms with E-state index in [-0.39, 0.29) is 5.91 Å². The summed E-state index contributed by atoms with van der Waals surface area (Å²) >= 11 is 0. The van der Waals surface area contributed by atoms with Crippen LogP contribution in [0, 0.1) is 0 Å². The fraction of sp³-hybridized carbons (Fsp3) is 0.143. The van der Waals surface area contributed by atoms with Crippen LogP contribution in [-0.4, -0.2) is 25.0 Å². The molecule has 2 rings (SSSR count). The average molecular weight is 256 g/mol. The minimum atomic E-state index is -0.240. The maximum atomic E-state index is 12.1.